The smallest absolute Gasteiger partial charge is 0.241 e. The van der Waals surface area contributed by atoms with Crippen molar-refractivity contribution < 1.29 is 9.18 Å². The van der Waals surface area contributed by atoms with Crippen LogP contribution in [0.2, 0.25) is 0 Å². The van der Waals surface area contributed by atoms with Gasteiger partial charge < -0.3 is 4.90 Å². The van der Waals surface area contributed by atoms with Crippen LogP contribution in [-0.2, 0) is 4.79 Å². The second kappa shape index (κ2) is 5.41. The molecule has 0 radical (unpaired) electrons. The Bertz CT molecular complexity index is 539. The van der Waals surface area contributed by atoms with Gasteiger partial charge in [0, 0.05) is 12.1 Å². The van der Waals surface area contributed by atoms with E-state index in [0.717, 1.165) is 12.8 Å². The van der Waals surface area contributed by atoms with E-state index in [9.17, 15) is 9.18 Å². The van der Waals surface area contributed by atoms with Crippen LogP contribution in [0.15, 0.2) is 24.3 Å². The summed E-state index contributed by atoms with van der Waals surface area (Å²) in [4.78, 5) is 14.3. The molecule has 1 aliphatic heterocycles. The first-order valence-electron chi connectivity index (χ1n) is 7.81. The highest BCUT2D eigenvalue weighted by Crippen LogP contribution is 2.40. The molecule has 1 heterocycles. The summed E-state index contributed by atoms with van der Waals surface area (Å²) in [5, 5.41) is 3.24. The molecule has 3 rings (SSSR count). The van der Waals surface area contributed by atoms with Gasteiger partial charge in [0.25, 0.3) is 0 Å². The molecule has 21 heavy (non-hydrogen) atoms. The third-order valence-corrected chi connectivity index (χ3v) is 4.94. The molecule has 1 N–H and O–H groups in total. The molecular formula is C17H23FN2O. The minimum Gasteiger partial charge on any atom is -0.321 e. The standard InChI is InChI=1S/C17H23FN2O/c1-12-16(21)20(11-17(2)9-5-6-10-17)15(19-12)13-7-3-4-8-14(13)18/h3-4,7-8,12,15,19H,5-6,9-11H2,1-2H3. The van der Waals surface area contributed by atoms with Crippen molar-refractivity contribution in [1.29, 1.82) is 0 Å². The van der Waals surface area contributed by atoms with Crippen molar-refractivity contribution >= 4 is 5.91 Å². The number of halogens is 1. The molecule has 0 aromatic heterocycles. The van der Waals surface area contributed by atoms with Crippen molar-refractivity contribution in [1.82, 2.24) is 10.2 Å². The van der Waals surface area contributed by atoms with E-state index in [4.69, 9.17) is 0 Å². The van der Waals surface area contributed by atoms with Crippen molar-refractivity contribution in [3.8, 4) is 0 Å². The Hall–Kier alpha value is -1.42. The van der Waals surface area contributed by atoms with Gasteiger partial charge in [-0.05, 0) is 31.2 Å². The zero-order chi connectivity index (χ0) is 15.0. The maximum atomic E-state index is 14.1. The molecule has 0 bridgehead atoms. The summed E-state index contributed by atoms with van der Waals surface area (Å²) < 4.78 is 14.1. The highest BCUT2D eigenvalue weighted by molar-refractivity contribution is 5.84. The van der Waals surface area contributed by atoms with Crippen molar-refractivity contribution in [2.24, 2.45) is 5.41 Å². The van der Waals surface area contributed by atoms with E-state index in [1.54, 1.807) is 12.1 Å². The number of nitrogens with zero attached hydrogens (tertiary/aromatic N) is 1. The van der Waals surface area contributed by atoms with E-state index >= 15 is 0 Å². The van der Waals surface area contributed by atoms with E-state index in [1.807, 2.05) is 17.9 Å². The summed E-state index contributed by atoms with van der Waals surface area (Å²) in [6, 6.07) is 6.48. The van der Waals surface area contributed by atoms with Crippen molar-refractivity contribution in [3.05, 3.63) is 35.6 Å². The highest BCUT2D eigenvalue weighted by atomic mass is 19.1. The molecule has 2 fully saturated rings. The van der Waals surface area contributed by atoms with Gasteiger partial charge in [0.15, 0.2) is 0 Å². The number of hydrogen-bond acceptors (Lipinski definition) is 2. The molecule has 2 unspecified atom stereocenters. The van der Waals surface area contributed by atoms with E-state index in [0.29, 0.717) is 12.1 Å². The van der Waals surface area contributed by atoms with Crippen molar-refractivity contribution in [2.45, 2.75) is 51.7 Å². The van der Waals surface area contributed by atoms with Crippen molar-refractivity contribution in [2.75, 3.05) is 6.54 Å². The predicted molar refractivity (Wildman–Crippen MR) is 80.0 cm³/mol. The van der Waals surface area contributed by atoms with E-state index in [1.165, 1.54) is 18.9 Å². The zero-order valence-electron chi connectivity index (χ0n) is 12.7. The second-order valence-corrected chi connectivity index (χ2v) is 6.80. The third-order valence-electron chi connectivity index (χ3n) is 4.94. The highest BCUT2D eigenvalue weighted by Gasteiger charge is 2.42. The summed E-state index contributed by atoms with van der Waals surface area (Å²) in [6.07, 6.45) is 4.41. The normalized spacial score (nSPS) is 28.3. The monoisotopic (exact) mass is 290 g/mol. The average Bonchev–Trinajstić information content (AvgIpc) is 2.99. The van der Waals surface area contributed by atoms with Gasteiger partial charge in [0.2, 0.25) is 5.91 Å². The lowest BCUT2D eigenvalue weighted by Gasteiger charge is -2.33. The van der Waals surface area contributed by atoms with Gasteiger partial charge in [-0.15, -0.1) is 0 Å². The van der Waals surface area contributed by atoms with Crippen LogP contribution in [0.25, 0.3) is 0 Å². The summed E-state index contributed by atoms with van der Waals surface area (Å²) in [6.45, 7) is 4.81. The van der Waals surface area contributed by atoms with Crippen LogP contribution < -0.4 is 5.32 Å². The van der Waals surface area contributed by atoms with Gasteiger partial charge >= 0.3 is 0 Å². The lowest BCUT2D eigenvalue weighted by molar-refractivity contribution is -0.131. The third kappa shape index (κ3) is 2.69. The molecule has 3 nitrogen and oxygen atoms in total. The number of nitrogens with one attached hydrogen (secondary N) is 1. The van der Waals surface area contributed by atoms with Crippen LogP contribution in [0.1, 0.15) is 51.3 Å². The largest absolute Gasteiger partial charge is 0.321 e. The molecule has 1 aromatic carbocycles. The Morgan fingerprint density at radius 1 is 1.33 bits per heavy atom. The summed E-state index contributed by atoms with van der Waals surface area (Å²) in [7, 11) is 0. The lowest BCUT2D eigenvalue weighted by Crippen LogP contribution is -2.39. The molecule has 1 saturated carbocycles. The molecular weight excluding hydrogens is 267 g/mol. The fraction of sp³-hybridized carbons (Fsp3) is 0.588. The number of hydrogen-bond donors (Lipinski definition) is 1. The van der Waals surface area contributed by atoms with Crippen molar-refractivity contribution in [3.63, 3.8) is 0 Å². The van der Waals surface area contributed by atoms with Crippen LogP contribution in [0.3, 0.4) is 0 Å². The van der Waals surface area contributed by atoms with Crippen LogP contribution >= 0.6 is 0 Å². The first-order valence-corrected chi connectivity index (χ1v) is 7.81. The Morgan fingerprint density at radius 2 is 2.00 bits per heavy atom. The second-order valence-electron chi connectivity index (χ2n) is 6.80. The van der Waals surface area contributed by atoms with Crippen LogP contribution in [0.5, 0.6) is 0 Å². The van der Waals surface area contributed by atoms with Crippen LogP contribution in [0, 0.1) is 11.2 Å². The van der Waals surface area contributed by atoms with Gasteiger partial charge in [0.05, 0.1) is 6.04 Å². The molecule has 1 saturated heterocycles. The average molecular weight is 290 g/mol. The molecule has 2 atom stereocenters. The van der Waals surface area contributed by atoms with E-state index < -0.39 is 0 Å². The summed E-state index contributed by atoms with van der Waals surface area (Å²) >= 11 is 0. The molecule has 2 aliphatic rings. The van der Waals surface area contributed by atoms with Gasteiger partial charge in [-0.3, -0.25) is 10.1 Å². The predicted octanol–water partition coefficient (Wildman–Crippen LogP) is 3.22. The molecule has 1 amide bonds. The van der Waals surface area contributed by atoms with Gasteiger partial charge in [-0.1, -0.05) is 38.0 Å². The minimum atomic E-state index is -0.342. The summed E-state index contributed by atoms with van der Waals surface area (Å²) in [5.41, 5.74) is 0.738. The zero-order valence-corrected chi connectivity index (χ0v) is 12.7. The maximum Gasteiger partial charge on any atom is 0.241 e. The minimum absolute atomic E-state index is 0.0800. The number of carbonyl (C=O) groups is 1. The summed E-state index contributed by atoms with van der Waals surface area (Å²) in [5.74, 6) is -0.171. The van der Waals surface area contributed by atoms with Crippen LogP contribution in [0.4, 0.5) is 4.39 Å². The fourth-order valence-corrected chi connectivity index (χ4v) is 3.70. The molecule has 114 valence electrons. The molecule has 0 spiro atoms. The molecule has 1 aliphatic carbocycles. The number of carbonyl (C=O) groups excluding carboxylic acids is 1. The fourth-order valence-electron chi connectivity index (χ4n) is 3.70. The Balaban J connectivity index is 1.88. The molecule has 4 heteroatoms. The number of rotatable bonds is 3. The van der Waals surface area contributed by atoms with Crippen LogP contribution in [-0.4, -0.2) is 23.4 Å². The number of benzene rings is 1. The Labute approximate surface area is 125 Å². The maximum absolute atomic E-state index is 14.1. The van der Waals surface area contributed by atoms with E-state index in [2.05, 4.69) is 12.2 Å². The quantitative estimate of drug-likeness (QED) is 0.927. The van der Waals surface area contributed by atoms with E-state index in [-0.39, 0.29) is 29.3 Å². The first kappa shape index (κ1) is 14.5. The van der Waals surface area contributed by atoms with Gasteiger partial charge in [0.1, 0.15) is 12.0 Å². The Morgan fingerprint density at radius 3 is 2.67 bits per heavy atom. The van der Waals surface area contributed by atoms with Gasteiger partial charge in [-0.2, -0.15) is 0 Å². The lowest BCUT2D eigenvalue weighted by atomic mass is 9.88. The SMILES string of the molecule is CC1NC(c2ccccc2F)N(CC2(C)CCCC2)C1=O. The number of amides is 1. The van der Waals surface area contributed by atoms with Gasteiger partial charge in [-0.25, -0.2) is 4.39 Å². The first-order chi connectivity index (χ1) is 10.0. The Kier molecular flexibility index (Phi) is 3.74. The molecule has 1 aromatic rings. The topological polar surface area (TPSA) is 32.3 Å².